The number of carbonyl (C=O) groups excluding carboxylic acids is 2. The molecule has 4 aromatic rings. The number of piperidine rings is 2. The number of fused-ring (bicyclic) bond motifs is 7. The van der Waals surface area contributed by atoms with Crippen LogP contribution in [0.25, 0.3) is 32.9 Å². The summed E-state index contributed by atoms with van der Waals surface area (Å²) in [5.41, 5.74) is -2.77. The number of nitrogens with zero attached hydrogens (tertiary/aromatic N) is 6. The van der Waals surface area contributed by atoms with Crippen LogP contribution in [-0.4, -0.2) is 125 Å². The number of anilines is 1. The Bertz CT molecular complexity index is 2410. The minimum absolute atomic E-state index is 0.00698. The van der Waals surface area contributed by atoms with Crippen molar-refractivity contribution in [3.63, 3.8) is 0 Å². The molecule has 2 aromatic carbocycles. The van der Waals surface area contributed by atoms with E-state index in [2.05, 4.69) is 20.3 Å². The maximum absolute atomic E-state index is 17.5. The predicted molar refractivity (Wildman–Crippen MR) is 204 cm³/mol. The lowest BCUT2D eigenvalue weighted by Gasteiger charge is -2.42. The summed E-state index contributed by atoms with van der Waals surface area (Å²) in [4.78, 5) is 43.5. The number of alkyl halides is 6. The van der Waals surface area contributed by atoms with Crippen molar-refractivity contribution in [2.75, 3.05) is 57.4 Å². The molecule has 0 spiro atoms. The number of halogens is 8. The largest absolute Gasteiger partial charge is 0.461 e. The Kier molecular flexibility index (Phi) is 10.1. The van der Waals surface area contributed by atoms with Gasteiger partial charge in [-0.05, 0) is 73.7 Å². The number of alkyl carbamates (subject to hydrolysis) is 1. The number of amides is 2. The minimum Gasteiger partial charge on any atom is -0.461 e. The lowest BCUT2D eigenvalue weighted by Crippen LogP contribution is -2.60. The molecule has 12 nitrogen and oxygen atoms in total. The van der Waals surface area contributed by atoms with Crippen molar-refractivity contribution in [1.82, 2.24) is 30.1 Å². The molecule has 2 amide bonds. The number of likely N-dealkylation sites (tertiary alicyclic amines) is 1. The molecule has 326 valence electrons. The van der Waals surface area contributed by atoms with Gasteiger partial charge in [0.05, 0.1) is 49.1 Å². The Morgan fingerprint density at radius 1 is 1.00 bits per heavy atom. The second-order valence-electron chi connectivity index (χ2n) is 17.2. The monoisotopic (exact) mass is 863 g/mol. The number of carbonyl (C=O) groups is 2. The standard InChI is InChI=1S/C41H41F8N7O5/c1-38-12-23(42)15-54(18-38)34-28-14-50-32(31(45)33(28)51-35(52-34)60-21-39-7-3-8-56(39)16-24(43)13-39)27-11-25(61-37(58)55-19-40(46,47)17-41(48,49)20-55)10-22-5-6-29(44)26(30(22)27)4-2-9-59-36(57)53-38/h5-6,10-11,14,23-24H,2-4,7-9,12-13,15-21H2,1H3,(H,53,57)/t23-,24-,38-,39+/m1/s1. The van der Waals surface area contributed by atoms with Crippen molar-refractivity contribution in [1.29, 1.82) is 0 Å². The van der Waals surface area contributed by atoms with Crippen LogP contribution in [0.1, 0.15) is 51.0 Å². The van der Waals surface area contributed by atoms with E-state index < -0.39 is 84.3 Å². The third kappa shape index (κ3) is 7.91. The third-order valence-corrected chi connectivity index (χ3v) is 12.2. The van der Waals surface area contributed by atoms with Crippen LogP contribution < -0.4 is 19.7 Å². The van der Waals surface area contributed by atoms with E-state index >= 15 is 13.2 Å². The van der Waals surface area contributed by atoms with Crippen LogP contribution >= 0.6 is 0 Å². The van der Waals surface area contributed by atoms with E-state index in [1.165, 1.54) is 23.2 Å². The maximum Gasteiger partial charge on any atom is 0.415 e. The van der Waals surface area contributed by atoms with Gasteiger partial charge in [-0.15, -0.1) is 0 Å². The summed E-state index contributed by atoms with van der Waals surface area (Å²) in [6.45, 7) is -0.627. The van der Waals surface area contributed by atoms with E-state index in [9.17, 15) is 31.5 Å². The van der Waals surface area contributed by atoms with Gasteiger partial charge in [-0.1, -0.05) is 6.07 Å². The first-order valence-corrected chi connectivity index (χ1v) is 20.1. The second kappa shape index (κ2) is 15.0. The number of aryl methyl sites for hydroxylation is 1. The molecule has 1 N–H and O–H groups in total. The van der Waals surface area contributed by atoms with Gasteiger partial charge in [-0.25, -0.2) is 44.7 Å². The molecule has 0 saturated carbocycles. The van der Waals surface area contributed by atoms with E-state index in [1.54, 1.807) is 6.92 Å². The smallest absolute Gasteiger partial charge is 0.415 e. The molecule has 6 aliphatic rings. The van der Waals surface area contributed by atoms with Crippen molar-refractivity contribution >= 4 is 39.7 Å². The normalized spacial score (nSPS) is 27.5. The molecule has 20 heteroatoms. The van der Waals surface area contributed by atoms with Crippen LogP contribution in [0.2, 0.25) is 0 Å². The van der Waals surface area contributed by atoms with Gasteiger partial charge in [-0.2, -0.15) is 9.97 Å². The van der Waals surface area contributed by atoms with Crippen LogP contribution in [0.5, 0.6) is 11.8 Å². The molecule has 10 rings (SSSR count). The fourth-order valence-electron chi connectivity index (χ4n) is 9.83. The van der Waals surface area contributed by atoms with Crippen molar-refractivity contribution in [2.45, 2.75) is 87.1 Å². The number of hydrogen-bond acceptors (Lipinski definition) is 10. The molecule has 0 unspecified atom stereocenters. The van der Waals surface area contributed by atoms with Gasteiger partial charge < -0.3 is 24.4 Å². The lowest BCUT2D eigenvalue weighted by molar-refractivity contribution is -0.162. The fraction of sp³-hybridized carbons (Fsp3) is 0.537. The summed E-state index contributed by atoms with van der Waals surface area (Å²) >= 11 is 0. The number of pyridine rings is 1. The molecule has 61 heavy (non-hydrogen) atoms. The highest BCUT2D eigenvalue weighted by molar-refractivity contribution is 6.02. The topological polar surface area (TPSA) is 122 Å². The van der Waals surface area contributed by atoms with Crippen molar-refractivity contribution < 1.29 is 58.9 Å². The Morgan fingerprint density at radius 2 is 1.77 bits per heavy atom. The Morgan fingerprint density at radius 3 is 2.56 bits per heavy atom. The quantitative estimate of drug-likeness (QED) is 0.206. The van der Waals surface area contributed by atoms with E-state index in [1.807, 2.05) is 4.90 Å². The molecule has 6 aliphatic heterocycles. The highest BCUT2D eigenvalue weighted by atomic mass is 19.3. The number of ether oxygens (including phenoxy) is 3. The van der Waals surface area contributed by atoms with Gasteiger partial charge in [0.15, 0.2) is 5.82 Å². The van der Waals surface area contributed by atoms with Crippen LogP contribution in [0.4, 0.5) is 50.5 Å². The van der Waals surface area contributed by atoms with Gasteiger partial charge in [0.1, 0.15) is 47.5 Å². The van der Waals surface area contributed by atoms with Gasteiger partial charge in [0, 0.05) is 37.7 Å². The van der Waals surface area contributed by atoms with Gasteiger partial charge in [0.2, 0.25) is 0 Å². The zero-order chi connectivity index (χ0) is 43.1. The number of rotatable bonds is 4. The van der Waals surface area contributed by atoms with Crippen LogP contribution in [0, 0.1) is 11.6 Å². The second-order valence-corrected chi connectivity index (χ2v) is 17.2. The number of hydrogen-bond donors (Lipinski definition) is 1. The summed E-state index contributed by atoms with van der Waals surface area (Å²) in [5.74, 6) is -10.0. The Hall–Kier alpha value is -5.27. The van der Waals surface area contributed by atoms with E-state index in [0.717, 1.165) is 18.6 Å². The van der Waals surface area contributed by atoms with Crippen LogP contribution in [-0.2, 0) is 11.2 Å². The fourth-order valence-corrected chi connectivity index (χ4v) is 9.83. The number of benzene rings is 2. The molecule has 4 atom stereocenters. The molecule has 4 saturated heterocycles. The lowest BCUT2D eigenvalue weighted by atomic mass is 9.90. The van der Waals surface area contributed by atoms with E-state index in [0.29, 0.717) is 13.0 Å². The minimum atomic E-state index is -3.91. The van der Waals surface area contributed by atoms with E-state index in [-0.39, 0.29) is 114 Å². The highest BCUT2D eigenvalue weighted by Crippen LogP contribution is 2.43. The Balaban J connectivity index is 1.20. The molecular formula is C41H41F8N7O5. The average molecular weight is 864 g/mol. The molecule has 0 radical (unpaired) electrons. The summed E-state index contributed by atoms with van der Waals surface area (Å²) < 4.78 is 138. The van der Waals surface area contributed by atoms with Crippen LogP contribution in [0.3, 0.4) is 0 Å². The van der Waals surface area contributed by atoms with E-state index in [4.69, 9.17) is 14.2 Å². The SMILES string of the molecule is C[C@@]12C[C@@H](F)CN(C1)c1nc(OC[C@@]34CCCN3C[C@H](F)C4)nc3c(F)c(ncc13)-c1cc(OC(=O)N3CC(F)(F)CC(F)(F)C3)cc3ccc(F)c(c13)CCCOC(=O)N2. The summed E-state index contributed by atoms with van der Waals surface area (Å²) in [6, 6.07) is 4.45. The average Bonchev–Trinajstić information content (AvgIpc) is 3.69. The first-order valence-electron chi connectivity index (χ1n) is 20.1. The maximum atomic E-state index is 17.5. The molecular weight excluding hydrogens is 822 g/mol. The summed E-state index contributed by atoms with van der Waals surface area (Å²) in [6.07, 6.45) is -3.92. The predicted octanol–water partition coefficient (Wildman–Crippen LogP) is 7.53. The van der Waals surface area contributed by atoms with Crippen molar-refractivity contribution in [3.05, 3.63) is 47.7 Å². The summed E-state index contributed by atoms with van der Waals surface area (Å²) in [5, 5.41) is 3.01. The Labute approximate surface area is 343 Å². The third-order valence-electron chi connectivity index (χ3n) is 12.2. The first-order chi connectivity index (χ1) is 28.9. The molecule has 0 aliphatic carbocycles. The molecule has 8 heterocycles. The number of nitrogens with one attached hydrogen (secondary N) is 1. The van der Waals surface area contributed by atoms with Gasteiger partial charge >= 0.3 is 18.2 Å². The van der Waals surface area contributed by atoms with Gasteiger partial charge in [-0.3, -0.25) is 14.8 Å². The molecule has 2 aromatic heterocycles. The summed E-state index contributed by atoms with van der Waals surface area (Å²) in [7, 11) is 0. The zero-order valence-electron chi connectivity index (χ0n) is 32.9. The molecule has 6 bridgehead atoms. The van der Waals surface area contributed by atoms with Crippen molar-refractivity contribution in [3.8, 4) is 23.0 Å². The first kappa shape index (κ1) is 41.1. The number of aromatic nitrogens is 3. The van der Waals surface area contributed by atoms with Gasteiger partial charge in [0.25, 0.3) is 11.8 Å². The molecule has 4 fully saturated rings. The van der Waals surface area contributed by atoms with Crippen LogP contribution in [0.15, 0.2) is 30.5 Å². The zero-order valence-corrected chi connectivity index (χ0v) is 32.9. The highest BCUT2D eigenvalue weighted by Gasteiger charge is 2.52. The van der Waals surface area contributed by atoms with Crippen molar-refractivity contribution in [2.24, 2.45) is 0 Å².